The van der Waals surface area contributed by atoms with Gasteiger partial charge in [-0.15, -0.1) is 0 Å². The van der Waals surface area contributed by atoms with E-state index in [1.165, 1.54) is 43.5 Å². The van der Waals surface area contributed by atoms with Crippen LogP contribution in [-0.2, 0) is 0 Å². The van der Waals surface area contributed by atoms with Gasteiger partial charge in [-0.3, -0.25) is 0 Å². The van der Waals surface area contributed by atoms with Crippen LogP contribution in [0.5, 0.6) is 0 Å². The van der Waals surface area contributed by atoms with Crippen molar-refractivity contribution in [2.75, 3.05) is 0 Å². The minimum atomic E-state index is 0.325. The van der Waals surface area contributed by atoms with Crippen molar-refractivity contribution in [3.8, 4) is 39.6 Å². The van der Waals surface area contributed by atoms with E-state index in [4.69, 9.17) is 15.0 Å². The molecule has 292 valence electrons. The average Bonchev–Trinajstić information content (AvgIpc) is 3.69. The van der Waals surface area contributed by atoms with Gasteiger partial charge in [0.05, 0.1) is 33.6 Å². The van der Waals surface area contributed by atoms with Gasteiger partial charge in [-0.05, 0) is 93.1 Å². The monoisotopic (exact) mass is 792 g/mol. The van der Waals surface area contributed by atoms with Crippen molar-refractivity contribution in [1.82, 2.24) is 19.5 Å². The fourth-order valence-corrected chi connectivity index (χ4v) is 9.67. The molecule has 4 heteroatoms. The molecule has 3 aromatic heterocycles. The van der Waals surface area contributed by atoms with Gasteiger partial charge in [0, 0.05) is 38.5 Å². The van der Waals surface area contributed by atoms with E-state index in [1.807, 2.05) is 24.3 Å². The molecule has 0 aliphatic heterocycles. The molecular formula is C58H40N4. The number of para-hydroxylation sites is 2. The van der Waals surface area contributed by atoms with Gasteiger partial charge in [0.2, 0.25) is 0 Å². The first kappa shape index (κ1) is 35.9. The topological polar surface area (TPSA) is 43.6 Å². The predicted molar refractivity (Wildman–Crippen MR) is 259 cm³/mol. The average molecular weight is 793 g/mol. The van der Waals surface area contributed by atoms with E-state index in [2.05, 4.69) is 194 Å². The Labute approximate surface area is 359 Å². The molecule has 0 bridgehead atoms. The molecule has 0 N–H and O–H groups in total. The molecule has 0 amide bonds. The molecule has 4 nitrogen and oxygen atoms in total. The molecule has 0 saturated heterocycles. The van der Waals surface area contributed by atoms with Crippen LogP contribution in [0.4, 0.5) is 0 Å². The highest BCUT2D eigenvalue weighted by molar-refractivity contribution is 6.22. The van der Waals surface area contributed by atoms with Crippen LogP contribution in [0.25, 0.3) is 105 Å². The van der Waals surface area contributed by atoms with E-state index in [0.29, 0.717) is 11.7 Å². The molecule has 0 saturated carbocycles. The molecule has 0 spiro atoms. The fraction of sp³-hybridized carbons (Fsp3) is 0.0517. The van der Waals surface area contributed by atoms with Crippen LogP contribution in [0, 0.1) is 5.92 Å². The fourth-order valence-electron chi connectivity index (χ4n) is 9.67. The standard InChI is InChI=1S/C58H40N4/c1-37-32-42(50-35-41-20-8-9-21-45(41)46-22-10-11-23-47(46)50)34-43(33-37)56-55-49-25-13-15-27-54(49)62(57(55)48-24-12-14-26-51(48)59-56)44-30-28-39(29-31-44)53-36-52(38-16-4-2-5-17-38)60-58(61-53)40-18-6-3-7-19-40/h2-31,33-37H,32H2,1H3. The molecule has 12 rings (SSSR count). The summed E-state index contributed by atoms with van der Waals surface area (Å²) in [6, 6.07) is 68.9. The molecule has 0 fully saturated rings. The number of rotatable bonds is 6. The lowest BCUT2D eigenvalue weighted by Gasteiger charge is -2.22. The van der Waals surface area contributed by atoms with Gasteiger partial charge in [0.25, 0.3) is 0 Å². The quantitative estimate of drug-likeness (QED) is 0.158. The Morgan fingerprint density at radius 1 is 0.500 bits per heavy atom. The summed E-state index contributed by atoms with van der Waals surface area (Å²) < 4.78 is 2.43. The second-order valence-corrected chi connectivity index (χ2v) is 16.5. The highest BCUT2D eigenvalue weighted by atomic mass is 15.0. The maximum Gasteiger partial charge on any atom is 0.160 e. The Hall–Kier alpha value is -7.95. The van der Waals surface area contributed by atoms with Crippen molar-refractivity contribution < 1.29 is 0 Å². The Morgan fingerprint density at radius 2 is 1.10 bits per heavy atom. The molecule has 1 aliphatic rings. The number of hydrogen-bond donors (Lipinski definition) is 0. The summed E-state index contributed by atoms with van der Waals surface area (Å²) in [6.45, 7) is 2.34. The van der Waals surface area contributed by atoms with Crippen molar-refractivity contribution in [2.45, 2.75) is 13.3 Å². The molecule has 62 heavy (non-hydrogen) atoms. The number of pyridine rings is 1. The first-order valence-electron chi connectivity index (χ1n) is 21.4. The zero-order valence-corrected chi connectivity index (χ0v) is 34.2. The number of aromatic nitrogens is 4. The maximum absolute atomic E-state index is 5.54. The molecule has 0 radical (unpaired) electrons. The molecule has 1 unspecified atom stereocenters. The zero-order valence-electron chi connectivity index (χ0n) is 34.2. The zero-order chi connectivity index (χ0) is 41.1. The van der Waals surface area contributed by atoms with Crippen molar-refractivity contribution in [2.24, 2.45) is 5.92 Å². The van der Waals surface area contributed by atoms with Gasteiger partial charge in [0.1, 0.15) is 0 Å². The number of hydrogen-bond acceptors (Lipinski definition) is 3. The van der Waals surface area contributed by atoms with Crippen LogP contribution in [0.2, 0.25) is 0 Å². The SMILES string of the molecule is CC1C=C(c2nc3ccccc3c3c2c2ccccc2n3-c2ccc(-c3cc(-c4ccccc4)nc(-c4ccccc4)n3)cc2)C=C(c2cc3ccccc3c3ccccc23)C1. The summed E-state index contributed by atoms with van der Waals surface area (Å²) in [6.07, 6.45) is 5.81. The van der Waals surface area contributed by atoms with Crippen LogP contribution >= 0.6 is 0 Å². The second-order valence-electron chi connectivity index (χ2n) is 16.5. The minimum Gasteiger partial charge on any atom is -0.308 e. The van der Waals surface area contributed by atoms with Crippen LogP contribution in [0.1, 0.15) is 24.6 Å². The first-order chi connectivity index (χ1) is 30.6. The molecule has 1 aliphatic carbocycles. The van der Waals surface area contributed by atoms with Crippen molar-refractivity contribution in [3.05, 3.63) is 218 Å². The Bertz CT molecular complexity index is 3540. The lowest BCUT2D eigenvalue weighted by Crippen LogP contribution is -2.04. The van der Waals surface area contributed by atoms with Crippen molar-refractivity contribution in [1.29, 1.82) is 0 Å². The lowest BCUT2D eigenvalue weighted by atomic mass is 9.83. The summed E-state index contributed by atoms with van der Waals surface area (Å²) >= 11 is 0. The third kappa shape index (κ3) is 6.02. The number of allylic oxidation sites excluding steroid dienone is 4. The van der Waals surface area contributed by atoms with E-state index in [0.717, 1.165) is 73.4 Å². The summed E-state index contributed by atoms with van der Waals surface area (Å²) in [4.78, 5) is 15.7. The summed E-state index contributed by atoms with van der Waals surface area (Å²) in [7, 11) is 0. The third-order valence-corrected chi connectivity index (χ3v) is 12.5. The van der Waals surface area contributed by atoms with Gasteiger partial charge >= 0.3 is 0 Å². The number of nitrogens with zero attached hydrogens (tertiary/aromatic N) is 4. The maximum atomic E-state index is 5.54. The third-order valence-electron chi connectivity index (χ3n) is 12.5. The summed E-state index contributed by atoms with van der Waals surface area (Å²) in [5.74, 6) is 1.03. The predicted octanol–water partition coefficient (Wildman–Crippen LogP) is 14.9. The Kier molecular flexibility index (Phi) is 8.49. The highest BCUT2D eigenvalue weighted by Gasteiger charge is 2.24. The largest absolute Gasteiger partial charge is 0.308 e. The normalized spacial score (nSPS) is 14.2. The molecular weight excluding hydrogens is 753 g/mol. The van der Waals surface area contributed by atoms with E-state index in [-0.39, 0.29) is 0 Å². The molecule has 11 aromatic rings. The van der Waals surface area contributed by atoms with E-state index in [9.17, 15) is 0 Å². The van der Waals surface area contributed by atoms with E-state index < -0.39 is 0 Å². The first-order valence-corrected chi connectivity index (χ1v) is 21.4. The van der Waals surface area contributed by atoms with E-state index >= 15 is 0 Å². The summed E-state index contributed by atoms with van der Waals surface area (Å²) in [5, 5.41) is 8.60. The van der Waals surface area contributed by atoms with Gasteiger partial charge in [-0.1, -0.05) is 171 Å². The van der Waals surface area contributed by atoms with Crippen molar-refractivity contribution in [3.63, 3.8) is 0 Å². The van der Waals surface area contributed by atoms with Gasteiger partial charge < -0.3 is 4.57 Å². The molecule has 1 atom stereocenters. The smallest absolute Gasteiger partial charge is 0.160 e. The molecule has 3 heterocycles. The van der Waals surface area contributed by atoms with Crippen molar-refractivity contribution >= 4 is 65.4 Å². The second kappa shape index (κ2) is 14.6. The van der Waals surface area contributed by atoms with E-state index in [1.54, 1.807) is 0 Å². The number of benzene rings is 8. The number of fused-ring (bicyclic) bond motifs is 8. The van der Waals surface area contributed by atoms with Gasteiger partial charge in [0.15, 0.2) is 5.82 Å². The Morgan fingerprint density at radius 3 is 1.85 bits per heavy atom. The lowest BCUT2D eigenvalue weighted by molar-refractivity contribution is 0.752. The highest BCUT2D eigenvalue weighted by Crippen LogP contribution is 2.44. The molecule has 8 aromatic carbocycles. The van der Waals surface area contributed by atoms with Crippen LogP contribution in [-0.4, -0.2) is 19.5 Å². The van der Waals surface area contributed by atoms with Crippen LogP contribution < -0.4 is 0 Å². The van der Waals surface area contributed by atoms with Gasteiger partial charge in [-0.25, -0.2) is 15.0 Å². The van der Waals surface area contributed by atoms with Crippen LogP contribution in [0.3, 0.4) is 0 Å². The minimum absolute atomic E-state index is 0.325. The van der Waals surface area contributed by atoms with Crippen LogP contribution in [0.15, 0.2) is 206 Å². The summed E-state index contributed by atoms with van der Waals surface area (Å²) in [5.41, 5.74) is 14.0. The van der Waals surface area contributed by atoms with Gasteiger partial charge in [-0.2, -0.15) is 0 Å². The Balaban J connectivity index is 1.04.